The second-order valence-corrected chi connectivity index (χ2v) is 6.51. The Bertz CT molecular complexity index is 592. The van der Waals surface area contributed by atoms with Crippen molar-refractivity contribution in [2.75, 3.05) is 0 Å². The third kappa shape index (κ3) is 2.75. The summed E-state index contributed by atoms with van der Waals surface area (Å²) >= 11 is 0. The molecule has 0 aliphatic heterocycles. The fourth-order valence-corrected chi connectivity index (χ4v) is 2.35. The number of rotatable bonds is 2. The van der Waals surface area contributed by atoms with Crippen molar-refractivity contribution in [2.45, 2.75) is 38.6 Å². The van der Waals surface area contributed by atoms with Crippen LogP contribution in [0.3, 0.4) is 0 Å². The number of halogens is 1. The zero-order valence-corrected chi connectivity index (χ0v) is 12.6. The lowest BCUT2D eigenvalue weighted by Crippen LogP contribution is -2.35. The highest BCUT2D eigenvalue weighted by atomic mass is 19.1. The van der Waals surface area contributed by atoms with Gasteiger partial charge < -0.3 is 5.73 Å². The first-order valence-electron chi connectivity index (χ1n) is 6.88. The van der Waals surface area contributed by atoms with E-state index in [2.05, 4.69) is 32.9 Å². The Kier molecular flexibility index (Phi) is 3.70. The standard InChI is InChI=1S/C18H22FN/c1-17(2,3)13-9-11-14(12-10-13)18(4,20)15-7-5-6-8-16(15)19/h5-12H,20H2,1-4H3. The SMILES string of the molecule is CC(C)(C)c1ccc(C(C)(N)c2ccccc2F)cc1. The second-order valence-electron chi connectivity index (χ2n) is 6.51. The molecule has 2 aromatic carbocycles. The molecule has 2 aromatic rings. The lowest BCUT2D eigenvalue weighted by Gasteiger charge is -2.27. The molecule has 1 nitrogen and oxygen atoms in total. The highest BCUT2D eigenvalue weighted by Gasteiger charge is 2.27. The average molecular weight is 271 g/mol. The van der Waals surface area contributed by atoms with Crippen molar-refractivity contribution in [2.24, 2.45) is 5.73 Å². The van der Waals surface area contributed by atoms with Gasteiger partial charge in [0, 0.05) is 5.56 Å². The van der Waals surface area contributed by atoms with Gasteiger partial charge in [-0.15, -0.1) is 0 Å². The summed E-state index contributed by atoms with van der Waals surface area (Å²) in [5, 5.41) is 0. The lowest BCUT2D eigenvalue weighted by molar-refractivity contribution is 0.529. The van der Waals surface area contributed by atoms with E-state index in [1.165, 1.54) is 11.6 Å². The molecule has 0 amide bonds. The summed E-state index contributed by atoms with van der Waals surface area (Å²) in [6, 6.07) is 14.8. The lowest BCUT2D eigenvalue weighted by atomic mass is 9.82. The van der Waals surface area contributed by atoms with Gasteiger partial charge in [0.1, 0.15) is 5.82 Å². The summed E-state index contributed by atoms with van der Waals surface area (Å²) in [7, 11) is 0. The van der Waals surface area contributed by atoms with Crippen LogP contribution in [0.15, 0.2) is 48.5 Å². The van der Waals surface area contributed by atoms with E-state index in [-0.39, 0.29) is 11.2 Å². The zero-order valence-electron chi connectivity index (χ0n) is 12.6. The van der Waals surface area contributed by atoms with Gasteiger partial charge in [0.05, 0.1) is 5.54 Å². The van der Waals surface area contributed by atoms with E-state index in [1.54, 1.807) is 12.1 Å². The Labute approximate surface area is 120 Å². The van der Waals surface area contributed by atoms with E-state index in [9.17, 15) is 4.39 Å². The first-order valence-corrected chi connectivity index (χ1v) is 6.88. The third-order valence-electron chi connectivity index (χ3n) is 3.78. The highest BCUT2D eigenvalue weighted by molar-refractivity contribution is 5.39. The fourth-order valence-electron chi connectivity index (χ4n) is 2.35. The van der Waals surface area contributed by atoms with Gasteiger partial charge in [0.25, 0.3) is 0 Å². The van der Waals surface area contributed by atoms with Crippen LogP contribution in [-0.4, -0.2) is 0 Å². The van der Waals surface area contributed by atoms with E-state index >= 15 is 0 Å². The molecule has 0 bridgehead atoms. The van der Waals surface area contributed by atoms with Crippen LogP contribution in [0.4, 0.5) is 4.39 Å². The number of hydrogen-bond donors (Lipinski definition) is 1. The van der Waals surface area contributed by atoms with Gasteiger partial charge in [-0.05, 0) is 29.5 Å². The van der Waals surface area contributed by atoms with Crippen LogP contribution in [0.1, 0.15) is 44.4 Å². The van der Waals surface area contributed by atoms with E-state index in [1.807, 2.05) is 25.1 Å². The van der Waals surface area contributed by atoms with Crippen molar-refractivity contribution in [3.8, 4) is 0 Å². The van der Waals surface area contributed by atoms with Crippen LogP contribution in [0.2, 0.25) is 0 Å². The quantitative estimate of drug-likeness (QED) is 0.863. The van der Waals surface area contributed by atoms with Crippen molar-refractivity contribution in [3.05, 3.63) is 71.0 Å². The first kappa shape index (κ1) is 14.7. The normalized spacial score (nSPS) is 14.9. The molecule has 0 saturated heterocycles. The molecule has 2 rings (SSSR count). The molecule has 0 saturated carbocycles. The molecule has 1 atom stereocenters. The number of nitrogens with two attached hydrogens (primary N) is 1. The minimum Gasteiger partial charge on any atom is -0.318 e. The summed E-state index contributed by atoms with van der Waals surface area (Å²) < 4.78 is 14.0. The molecule has 0 aliphatic rings. The average Bonchev–Trinajstić information content (AvgIpc) is 2.38. The van der Waals surface area contributed by atoms with Gasteiger partial charge in [-0.1, -0.05) is 63.2 Å². The maximum atomic E-state index is 14.0. The van der Waals surface area contributed by atoms with E-state index in [4.69, 9.17) is 5.73 Å². The van der Waals surface area contributed by atoms with Gasteiger partial charge in [-0.3, -0.25) is 0 Å². The van der Waals surface area contributed by atoms with Crippen LogP contribution in [0, 0.1) is 5.82 Å². The topological polar surface area (TPSA) is 26.0 Å². The van der Waals surface area contributed by atoms with Crippen LogP contribution in [0.25, 0.3) is 0 Å². The molecule has 0 spiro atoms. The Hall–Kier alpha value is -1.67. The van der Waals surface area contributed by atoms with Gasteiger partial charge in [-0.2, -0.15) is 0 Å². The molecule has 0 radical (unpaired) electrons. The molecular formula is C18H22FN. The van der Waals surface area contributed by atoms with E-state index in [0.29, 0.717) is 5.56 Å². The first-order chi connectivity index (χ1) is 9.23. The molecule has 0 heterocycles. The third-order valence-corrected chi connectivity index (χ3v) is 3.78. The summed E-state index contributed by atoms with van der Waals surface area (Å²) in [5.41, 5.74) is 8.32. The van der Waals surface area contributed by atoms with E-state index < -0.39 is 5.54 Å². The highest BCUT2D eigenvalue weighted by Crippen LogP contribution is 2.30. The predicted octanol–water partition coefficient (Wildman–Crippen LogP) is 4.35. The predicted molar refractivity (Wildman–Crippen MR) is 82.2 cm³/mol. The van der Waals surface area contributed by atoms with Crippen LogP contribution in [-0.2, 0) is 11.0 Å². The molecule has 0 aromatic heterocycles. The summed E-state index contributed by atoms with van der Waals surface area (Å²) in [6.45, 7) is 8.35. The molecular weight excluding hydrogens is 249 g/mol. The van der Waals surface area contributed by atoms with Crippen molar-refractivity contribution >= 4 is 0 Å². The second kappa shape index (κ2) is 5.02. The maximum Gasteiger partial charge on any atom is 0.128 e. The summed E-state index contributed by atoms with van der Waals surface area (Å²) in [4.78, 5) is 0. The number of hydrogen-bond acceptors (Lipinski definition) is 1. The molecule has 106 valence electrons. The molecule has 2 N–H and O–H groups in total. The van der Waals surface area contributed by atoms with Crippen LogP contribution in [0.5, 0.6) is 0 Å². The minimum atomic E-state index is -0.832. The van der Waals surface area contributed by atoms with Crippen molar-refractivity contribution < 1.29 is 4.39 Å². The summed E-state index contributed by atoms with van der Waals surface area (Å²) in [5.74, 6) is -0.266. The Morgan fingerprint density at radius 2 is 1.30 bits per heavy atom. The minimum absolute atomic E-state index is 0.0987. The molecule has 0 fully saturated rings. The van der Waals surface area contributed by atoms with Crippen molar-refractivity contribution in [3.63, 3.8) is 0 Å². The Morgan fingerprint density at radius 1 is 0.800 bits per heavy atom. The molecule has 1 unspecified atom stereocenters. The van der Waals surface area contributed by atoms with Crippen LogP contribution >= 0.6 is 0 Å². The Balaban J connectivity index is 2.43. The van der Waals surface area contributed by atoms with Gasteiger partial charge in [0.2, 0.25) is 0 Å². The maximum absolute atomic E-state index is 14.0. The molecule has 2 heteroatoms. The fraction of sp³-hybridized carbons (Fsp3) is 0.333. The Morgan fingerprint density at radius 3 is 1.80 bits per heavy atom. The number of benzene rings is 2. The van der Waals surface area contributed by atoms with Crippen molar-refractivity contribution in [1.29, 1.82) is 0 Å². The molecule has 0 aliphatic carbocycles. The van der Waals surface area contributed by atoms with Gasteiger partial charge >= 0.3 is 0 Å². The van der Waals surface area contributed by atoms with Gasteiger partial charge in [0.15, 0.2) is 0 Å². The van der Waals surface area contributed by atoms with Crippen molar-refractivity contribution in [1.82, 2.24) is 0 Å². The zero-order chi connectivity index (χ0) is 15.0. The molecule has 20 heavy (non-hydrogen) atoms. The largest absolute Gasteiger partial charge is 0.318 e. The smallest absolute Gasteiger partial charge is 0.128 e. The monoisotopic (exact) mass is 271 g/mol. The van der Waals surface area contributed by atoms with E-state index in [0.717, 1.165) is 5.56 Å². The van der Waals surface area contributed by atoms with Gasteiger partial charge in [-0.25, -0.2) is 4.39 Å². The summed E-state index contributed by atoms with van der Waals surface area (Å²) in [6.07, 6.45) is 0. The van der Waals surface area contributed by atoms with Crippen LogP contribution < -0.4 is 5.73 Å².